The molecule has 0 saturated heterocycles. The third-order valence-electron chi connectivity index (χ3n) is 3.43. The lowest BCUT2D eigenvalue weighted by atomic mass is 9.81. The molecular weight excluding hydrogens is 314 g/mol. The van der Waals surface area contributed by atoms with E-state index in [1.54, 1.807) is 0 Å². The highest BCUT2D eigenvalue weighted by Crippen LogP contribution is 2.33. The molecule has 9 heteroatoms. The zero-order chi connectivity index (χ0) is 15.9. The molecule has 0 radical (unpaired) electrons. The van der Waals surface area contributed by atoms with Crippen molar-refractivity contribution in [3.05, 3.63) is 29.6 Å². The van der Waals surface area contributed by atoms with Crippen LogP contribution in [0.2, 0.25) is 0 Å². The van der Waals surface area contributed by atoms with E-state index in [1.807, 2.05) is 4.72 Å². The van der Waals surface area contributed by atoms with Crippen molar-refractivity contribution in [1.29, 1.82) is 0 Å². The summed E-state index contributed by atoms with van der Waals surface area (Å²) in [6, 6.07) is 1.44. The normalized spacial score (nSPS) is 18.3. The first-order valence-electron chi connectivity index (χ1n) is 6.12. The summed E-state index contributed by atoms with van der Waals surface area (Å²) in [6.45, 7) is -0.284. The van der Waals surface area contributed by atoms with Gasteiger partial charge in [0.25, 0.3) is 0 Å². The van der Waals surface area contributed by atoms with Crippen LogP contribution in [0, 0.1) is 5.82 Å². The number of hydrogen-bond donors (Lipinski definition) is 2. The van der Waals surface area contributed by atoms with Crippen LogP contribution in [0.25, 0.3) is 0 Å². The van der Waals surface area contributed by atoms with Gasteiger partial charge >= 0.3 is 6.18 Å². The first kappa shape index (κ1) is 16.2. The van der Waals surface area contributed by atoms with Crippen molar-refractivity contribution in [3.63, 3.8) is 0 Å². The lowest BCUT2D eigenvalue weighted by Gasteiger charge is -2.36. The van der Waals surface area contributed by atoms with Gasteiger partial charge in [-0.2, -0.15) is 13.2 Å². The Balaban J connectivity index is 2.24. The maximum Gasteiger partial charge on any atom is 0.419 e. The third kappa shape index (κ3) is 3.53. The van der Waals surface area contributed by atoms with Gasteiger partial charge in [0.05, 0.1) is 16.1 Å². The van der Waals surface area contributed by atoms with Crippen LogP contribution >= 0.6 is 0 Å². The van der Waals surface area contributed by atoms with Crippen LogP contribution in [0.1, 0.15) is 24.8 Å². The quantitative estimate of drug-likeness (QED) is 0.832. The molecule has 1 fully saturated rings. The van der Waals surface area contributed by atoms with Crippen LogP contribution in [-0.4, -0.2) is 25.7 Å². The van der Waals surface area contributed by atoms with Crippen LogP contribution in [0.3, 0.4) is 0 Å². The van der Waals surface area contributed by atoms with Gasteiger partial charge in [0.1, 0.15) is 5.82 Å². The molecule has 1 aliphatic carbocycles. The molecular formula is C12H13F4NO3S. The second kappa shape index (κ2) is 5.22. The number of nitrogens with one attached hydrogen (secondary N) is 1. The minimum absolute atomic E-state index is 0.239. The van der Waals surface area contributed by atoms with Gasteiger partial charge in [0.15, 0.2) is 0 Å². The van der Waals surface area contributed by atoms with E-state index in [-0.39, 0.29) is 12.6 Å². The fraction of sp³-hybridized carbons (Fsp3) is 0.500. The maximum atomic E-state index is 13.1. The molecule has 2 N–H and O–H groups in total. The molecule has 0 spiro atoms. The van der Waals surface area contributed by atoms with Crippen LogP contribution in [0.4, 0.5) is 17.6 Å². The SMILES string of the molecule is O=S(=O)(NCC1(O)CCC1)c1ccc(F)c(C(F)(F)F)c1. The monoisotopic (exact) mass is 327 g/mol. The number of halogens is 4. The summed E-state index contributed by atoms with van der Waals surface area (Å²) in [5, 5.41) is 9.78. The molecule has 0 bridgehead atoms. The first-order chi connectivity index (χ1) is 9.54. The van der Waals surface area contributed by atoms with Gasteiger partial charge in [-0.15, -0.1) is 0 Å². The predicted molar refractivity (Wildman–Crippen MR) is 65.4 cm³/mol. The van der Waals surface area contributed by atoms with Crippen LogP contribution in [-0.2, 0) is 16.2 Å². The van der Waals surface area contributed by atoms with E-state index < -0.39 is 38.1 Å². The van der Waals surface area contributed by atoms with Crippen LogP contribution in [0.5, 0.6) is 0 Å². The molecule has 0 atom stereocenters. The summed E-state index contributed by atoms with van der Waals surface area (Å²) >= 11 is 0. The number of rotatable bonds is 4. The minimum Gasteiger partial charge on any atom is -0.389 e. The predicted octanol–water partition coefficient (Wildman–Crippen LogP) is 2.04. The summed E-state index contributed by atoms with van der Waals surface area (Å²) < 4.78 is 76.6. The molecule has 2 rings (SSSR count). The van der Waals surface area contributed by atoms with Gasteiger partial charge < -0.3 is 5.11 Å². The first-order valence-corrected chi connectivity index (χ1v) is 7.61. The summed E-state index contributed by atoms with van der Waals surface area (Å²) in [5.74, 6) is -1.54. The summed E-state index contributed by atoms with van der Waals surface area (Å²) in [5.41, 5.74) is -2.80. The topological polar surface area (TPSA) is 66.4 Å². The van der Waals surface area contributed by atoms with Crippen molar-refractivity contribution in [2.45, 2.75) is 35.9 Å². The van der Waals surface area contributed by atoms with E-state index in [0.29, 0.717) is 18.9 Å². The zero-order valence-electron chi connectivity index (χ0n) is 10.7. The van der Waals surface area contributed by atoms with Gasteiger partial charge in [-0.25, -0.2) is 17.5 Å². The Morgan fingerprint density at radius 3 is 2.38 bits per heavy atom. The number of benzene rings is 1. The highest BCUT2D eigenvalue weighted by atomic mass is 32.2. The summed E-state index contributed by atoms with van der Waals surface area (Å²) in [6.07, 6.45) is -3.38. The molecule has 1 aromatic rings. The molecule has 0 unspecified atom stereocenters. The van der Waals surface area contributed by atoms with Gasteiger partial charge in [-0.05, 0) is 37.5 Å². The molecule has 0 amide bonds. The molecule has 1 aliphatic rings. The number of alkyl halides is 3. The van der Waals surface area contributed by atoms with E-state index in [0.717, 1.165) is 12.5 Å². The fourth-order valence-electron chi connectivity index (χ4n) is 1.96. The van der Waals surface area contributed by atoms with E-state index in [9.17, 15) is 31.1 Å². The Morgan fingerprint density at radius 2 is 1.90 bits per heavy atom. The van der Waals surface area contributed by atoms with E-state index in [2.05, 4.69) is 0 Å². The molecule has 4 nitrogen and oxygen atoms in total. The second-order valence-corrected chi connectivity index (χ2v) is 6.81. The standard InChI is InChI=1S/C12H13F4NO3S/c13-10-3-2-8(6-9(10)12(14,15)16)21(19,20)17-7-11(18)4-1-5-11/h2-3,6,17-18H,1,4-5,7H2. The van der Waals surface area contributed by atoms with Crippen LogP contribution < -0.4 is 4.72 Å². The molecule has 21 heavy (non-hydrogen) atoms. The van der Waals surface area contributed by atoms with Gasteiger partial charge in [0, 0.05) is 6.54 Å². The Hall–Kier alpha value is -1.19. The number of sulfonamides is 1. The maximum absolute atomic E-state index is 13.1. The molecule has 118 valence electrons. The second-order valence-electron chi connectivity index (χ2n) is 5.04. The largest absolute Gasteiger partial charge is 0.419 e. The van der Waals surface area contributed by atoms with Gasteiger partial charge in [-0.3, -0.25) is 0 Å². The van der Waals surface area contributed by atoms with Crippen LogP contribution in [0.15, 0.2) is 23.1 Å². The average molecular weight is 327 g/mol. The van der Waals surface area contributed by atoms with Gasteiger partial charge in [0.2, 0.25) is 10.0 Å². The van der Waals surface area contributed by atoms with Crippen molar-refractivity contribution in [1.82, 2.24) is 4.72 Å². The molecule has 1 saturated carbocycles. The minimum atomic E-state index is -4.98. The lowest BCUT2D eigenvalue weighted by Crippen LogP contribution is -2.47. The highest BCUT2D eigenvalue weighted by molar-refractivity contribution is 7.89. The van der Waals surface area contributed by atoms with Crippen molar-refractivity contribution in [2.75, 3.05) is 6.54 Å². The Labute approximate surface area is 118 Å². The van der Waals surface area contributed by atoms with Crippen molar-refractivity contribution in [3.8, 4) is 0 Å². The Kier molecular flexibility index (Phi) is 4.02. The van der Waals surface area contributed by atoms with Crippen molar-refractivity contribution < 1.29 is 31.1 Å². The van der Waals surface area contributed by atoms with E-state index in [4.69, 9.17) is 0 Å². The Bertz CT molecular complexity index is 638. The third-order valence-corrected chi connectivity index (χ3v) is 4.83. The highest BCUT2D eigenvalue weighted by Gasteiger charge is 2.37. The number of aliphatic hydroxyl groups is 1. The average Bonchev–Trinajstić information content (AvgIpc) is 2.33. The number of hydrogen-bond acceptors (Lipinski definition) is 3. The molecule has 0 aliphatic heterocycles. The molecule has 1 aromatic carbocycles. The van der Waals surface area contributed by atoms with Crippen molar-refractivity contribution >= 4 is 10.0 Å². The summed E-state index contributed by atoms with van der Waals surface area (Å²) in [7, 11) is -4.25. The zero-order valence-corrected chi connectivity index (χ0v) is 11.6. The smallest absolute Gasteiger partial charge is 0.389 e. The van der Waals surface area contributed by atoms with Gasteiger partial charge in [-0.1, -0.05) is 0 Å². The molecule has 0 aromatic heterocycles. The lowest BCUT2D eigenvalue weighted by molar-refractivity contribution is -0.140. The van der Waals surface area contributed by atoms with E-state index in [1.165, 1.54) is 0 Å². The van der Waals surface area contributed by atoms with E-state index >= 15 is 0 Å². The molecule has 0 heterocycles. The summed E-state index contributed by atoms with van der Waals surface area (Å²) in [4.78, 5) is -0.695. The fourth-order valence-corrected chi connectivity index (χ4v) is 3.11. The Morgan fingerprint density at radius 1 is 1.29 bits per heavy atom. The van der Waals surface area contributed by atoms with Crippen molar-refractivity contribution in [2.24, 2.45) is 0 Å².